The molecule has 10 rings (SSSR count). The second kappa shape index (κ2) is 19.1. The smallest absolute Gasteiger partial charge is 0.216 e. The molecule has 0 fully saturated rings. The van der Waals surface area contributed by atoms with Crippen LogP contribution in [0.5, 0.6) is 0 Å². The van der Waals surface area contributed by atoms with E-state index in [-0.39, 0.29) is 20.1 Å². The van der Waals surface area contributed by atoms with Crippen LogP contribution in [0.2, 0.25) is 19.6 Å². The molecule has 0 atom stereocenters. The number of fused-ring (bicyclic) bond motifs is 5. The van der Waals surface area contributed by atoms with Crippen molar-refractivity contribution in [1.82, 2.24) is 19.5 Å². The van der Waals surface area contributed by atoms with Crippen LogP contribution in [0, 0.1) is 25.0 Å². The first kappa shape index (κ1) is 46.5. The van der Waals surface area contributed by atoms with E-state index in [1.165, 1.54) is 49.5 Å². The first-order valence-corrected chi connectivity index (χ1v) is 26.6. The first-order chi connectivity index (χ1) is 31.2. The molecule has 0 saturated heterocycles. The molecule has 4 heterocycles. The zero-order valence-corrected chi connectivity index (χ0v) is 43.1. The van der Waals surface area contributed by atoms with Crippen molar-refractivity contribution < 1.29 is 24.5 Å². The summed E-state index contributed by atoms with van der Waals surface area (Å²) in [4.78, 5) is 14.7. The monoisotopic (exact) mass is 1060 g/mol. The molecule has 0 aliphatic rings. The Morgan fingerprint density at radius 3 is 2.06 bits per heavy atom. The van der Waals surface area contributed by atoms with Gasteiger partial charge in [-0.05, 0) is 101 Å². The summed E-state index contributed by atoms with van der Waals surface area (Å²) in [6.07, 6.45) is 3.24. The number of benzene rings is 6. The van der Waals surface area contributed by atoms with Crippen molar-refractivity contribution in [2.45, 2.75) is 86.4 Å². The van der Waals surface area contributed by atoms with Crippen LogP contribution >= 0.6 is 0 Å². The van der Waals surface area contributed by atoms with Crippen molar-refractivity contribution in [1.29, 1.82) is 0 Å². The van der Waals surface area contributed by atoms with Gasteiger partial charge in [0, 0.05) is 43.1 Å². The molecular weight excluding hydrogens is 1000 g/mol. The summed E-state index contributed by atoms with van der Waals surface area (Å²) in [5.74, 6) is 2.05. The zero-order chi connectivity index (χ0) is 45.6. The minimum absolute atomic E-state index is 0. The summed E-state index contributed by atoms with van der Waals surface area (Å²) in [6, 6.07) is 53.8. The molecule has 10 aromatic rings. The number of pyridine rings is 2. The maximum atomic E-state index is 6.44. The van der Waals surface area contributed by atoms with Gasteiger partial charge in [-0.15, -0.1) is 47.3 Å². The van der Waals surface area contributed by atoms with E-state index in [1.807, 2.05) is 25.1 Å². The zero-order valence-electron chi connectivity index (χ0n) is 39.7. The second-order valence-corrected chi connectivity index (χ2v) is 24.5. The van der Waals surface area contributed by atoms with Crippen molar-refractivity contribution in [2.24, 2.45) is 5.92 Å². The summed E-state index contributed by atoms with van der Waals surface area (Å²) in [5, 5.41) is 5.98. The van der Waals surface area contributed by atoms with Gasteiger partial charge in [0.15, 0.2) is 0 Å². The van der Waals surface area contributed by atoms with Crippen molar-refractivity contribution in [3.05, 3.63) is 174 Å². The molecule has 0 aliphatic heterocycles. The van der Waals surface area contributed by atoms with E-state index in [2.05, 4.69) is 204 Å². The fourth-order valence-electron chi connectivity index (χ4n) is 9.12. The number of furan rings is 1. The quantitative estimate of drug-likeness (QED) is 0.107. The predicted octanol–water partition coefficient (Wildman–Crippen LogP) is 15.5. The summed E-state index contributed by atoms with van der Waals surface area (Å²) in [5.41, 5.74) is 15.0. The van der Waals surface area contributed by atoms with E-state index in [1.54, 1.807) is 0 Å². The second-order valence-electron chi connectivity index (χ2n) is 19.5. The van der Waals surface area contributed by atoms with Crippen LogP contribution < -0.4 is 5.19 Å². The van der Waals surface area contributed by atoms with E-state index >= 15 is 0 Å². The number of hydrogen-bond acceptors (Lipinski definition) is 4. The van der Waals surface area contributed by atoms with Crippen molar-refractivity contribution in [2.75, 3.05) is 0 Å². The molecule has 4 aromatic heterocycles. The van der Waals surface area contributed by atoms with Crippen LogP contribution in [0.25, 0.3) is 83.3 Å². The van der Waals surface area contributed by atoms with Crippen LogP contribution in [-0.4, -0.2) is 27.6 Å². The molecule has 0 N–H and O–H groups in total. The molecule has 0 amide bonds. The van der Waals surface area contributed by atoms with E-state index in [9.17, 15) is 0 Å². The van der Waals surface area contributed by atoms with Crippen LogP contribution in [0.15, 0.2) is 144 Å². The molecular formula is C59H58IrN4OSi-2. The fraction of sp³-hybridized carbons (Fsp3) is 0.237. The Balaban J connectivity index is 0.000000203. The molecule has 66 heavy (non-hydrogen) atoms. The largest absolute Gasteiger partial charge is 0.486 e. The number of imidazole rings is 1. The van der Waals surface area contributed by atoms with Crippen LogP contribution in [0.3, 0.4) is 0 Å². The normalized spacial score (nSPS) is 11.8. The molecule has 0 aliphatic carbocycles. The van der Waals surface area contributed by atoms with E-state index in [0.29, 0.717) is 23.5 Å². The number of nitrogens with zero attached hydrogens (tertiary/aromatic N) is 4. The van der Waals surface area contributed by atoms with E-state index < -0.39 is 8.07 Å². The Morgan fingerprint density at radius 2 is 1.36 bits per heavy atom. The molecule has 1 radical (unpaired) electrons. The molecule has 7 heteroatoms. The van der Waals surface area contributed by atoms with Crippen molar-refractivity contribution >= 4 is 57.1 Å². The summed E-state index contributed by atoms with van der Waals surface area (Å²) >= 11 is 0. The van der Waals surface area contributed by atoms with Gasteiger partial charge in [0.25, 0.3) is 0 Å². The number of aromatic nitrogens is 4. The maximum absolute atomic E-state index is 6.44. The van der Waals surface area contributed by atoms with E-state index in [0.717, 1.165) is 62.1 Å². The van der Waals surface area contributed by atoms with Crippen LogP contribution in [-0.2, 0) is 26.5 Å². The fourth-order valence-corrected chi connectivity index (χ4v) is 10.7. The Morgan fingerprint density at radius 1 is 0.682 bits per heavy atom. The van der Waals surface area contributed by atoms with Gasteiger partial charge < -0.3 is 14.0 Å². The summed E-state index contributed by atoms with van der Waals surface area (Å²) < 4.78 is 8.78. The average Bonchev–Trinajstić information content (AvgIpc) is 3.86. The number of aryl methyl sites for hydroxylation is 1. The third-order valence-corrected chi connectivity index (χ3v) is 14.4. The Kier molecular flexibility index (Phi) is 13.5. The number of hydrogen-bond donors (Lipinski definition) is 0. The standard InChI is InChI=1S/C37H32N3O.C22H26NSi.Ir/c1-22(2)30-20-26(25-12-7-6-8-13-25)21-31(23(3)4)34(30)40-33-17-10-9-16-32(33)39-36(40)29-15-11-14-27-28-19-18-24(5)38-37(28)41-35(27)29;1-16(2)12-20-14-21(23-15-22(20)24(3,4)5)19-11-10-17-8-6-7-9-18(17)13-19;/h6-14,16-23H,1-5H3;6-10,13-16H,12H2,1-5H3;/q2*-1;. The predicted molar refractivity (Wildman–Crippen MR) is 276 cm³/mol. The van der Waals surface area contributed by atoms with Gasteiger partial charge in [-0.1, -0.05) is 156 Å². The topological polar surface area (TPSA) is 56.7 Å². The van der Waals surface area contributed by atoms with Crippen LogP contribution in [0.1, 0.15) is 75.8 Å². The molecule has 0 bridgehead atoms. The van der Waals surface area contributed by atoms with Gasteiger partial charge in [0.2, 0.25) is 5.71 Å². The summed E-state index contributed by atoms with van der Waals surface area (Å²) in [7, 11) is -1.38. The van der Waals surface area contributed by atoms with E-state index in [4.69, 9.17) is 14.4 Å². The third-order valence-electron chi connectivity index (χ3n) is 12.3. The molecule has 6 aromatic carbocycles. The van der Waals surface area contributed by atoms with Crippen molar-refractivity contribution in [3.63, 3.8) is 0 Å². The molecule has 335 valence electrons. The maximum Gasteiger partial charge on any atom is 0.216 e. The number of rotatable bonds is 9. The van der Waals surface area contributed by atoms with Crippen LogP contribution in [0.4, 0.5) is 0 Å². The minimum atomic E-state index is -1.38. The first-order valence-electron chi connectivity index (χ1n) is 23.1. The molecule has 0 saturated carbocycles. The van der Waals surface area contributed by atoms with Gasteiger partial charge in [0.1, 0.15) is 0 Å². The number of para-hydroxylation sites is 2. The Hall–Kier alpha value is -5.98. The van der Waals surface area contributed by atoms with Gasteiger partial charge >= 0.3 is 0 Å². The average molecular weight is 1060 g/mol. The molecule has 5 nitrogen and oxygen atoms in total. The SMILES string of the molecule is CC(C)Cc1cc(-c2[c-]cc3ccccc3c2)ncc1[Si](C)(C)C.Cc1ccc2c(n1)oc1c(-c3nc4ccccc4n3-c3c(C(C)C)cc(-c4ccccc4)cc3C(C)C)[c-]ccc12.[Ir]. The van der Waals surface area contributed by atoms with Crippen molar-refractivity contribution in [3.8, 4) is 39.5 Å². The van der Waals surface area contributed by atoms with Gasteiger partial charge in [0.05, 0.1) is 30.5 Å². The molecule has 0 unspecified atom stereocenters. The summed E-state index contributed by atoms with van der Waals surface area (Å²) in [6.45, 7) is 22.9. The third kappa shape index (κ3) is 9.22. The van der Waals surface area contributed by atoms with Gasteiger partial charge in [-0.3, -0.25) is 4.98 Å². The van der Waals surface area contributed by atoms with Gasteiger partial charge in [-0.25, -0.2) is 4.98 Å². The minimum Gasteiger partial charge on any atom is -0.486 e. The molecule has 0 spiro atoms. The Bertz CT molecular complexity index is 3310. The van der Waals surface area contributed by atoms with Gasteiger partial charge in [-0.2, -0.15) is 0 Å². The Labute approximate surface area is 404 Å².